The number of anilines is 1. The van der Waals surface area contributed by atoms with Crippen molar-refractivity contribution < 1.29 is 14.3 Å². The number of nitrogens with one attached hydrogen (secondary N) is 2. The molecule has 2 rings (SSSR count). The van der Waals surface area contributed by atoms with E-state index in [4.69, 9.17) is 4.74 Å². The third-order valence-electron chi connectivity index (χ3n) is 2.66. The summed E-state index contributed by atoms with van der Waals surface area (Å²) in [4.78, 5) is 23.4. The van der Waals surface area contributed by atoms with Crippen LogP contribution in [0.1, 0.15) is 40.7 Å². The van der Waals surface area contributed by atoms with Crippen LogP contribution in [0.5, 0.6) is 0 Å². The number of aromatic nitrogens is 4. The number of carbonyl (C=O) groups excluding carboxylic acids is 2. The third-order valence-corrected chi connectivity index (χ3v) is 2.66. The van der Waals surface area contributed by atoms with Crippen molar-refractivity contribution in [2.45, 2.75) is 19.8 Å². The molecule has 0 radical (unpaired) electrons. The van der Waals surface area contributed by atoms with Crippen LogP contribution < -0.4 is 5.32 Å². The van der Waals surface area contributed by atoms with Gasteiger partial charge in [-0.05, 0) is 35.9 Å². The molecule has 1 heterocycles. The highest BCUT2D eigenvalue weighted by Crippen LogP contribution is 2.11. The van der Waals surface area contributed by atoms with Crippen molar-refractivity contribution in [3.63, 3.8) is 0 Å². The molecule has 0 saturated heterocycles. The molecule has 2 aromatic rings. The summed E-state index contributed by atoms with van der Waals surface area (Å²) in [5, 5.41) is 15.2. The van der Waals surface area contributed by atoms with Crippen molar-refractivity contribution in [3.05, 3.63) is 35.7 Å². The smallest absolute Gasteiger partial charge is 0.338 e. The van der Waals surface area contributed by atoms with Crippen molar-refractivity contribution in [2.75, 3.05) is 11.9 Å². The first-order valence-corrected chi connectivity index (χ1v) is 6.52. The van der Waals surface area contributed by atoms with Gasteiger partial charge in [0.05, 0.1) is 12.2 Å². The molecule has 0 fully saturated rings. The summed E-state index contributed by atoms with van der Waals surface area (Å²) in [6.45, 7) is 2.43. The van der Waals surface area contributed by atoms with E-state index in [1.807, 2.05) is 6.92 Å². The van der Waals surface area contributed by atoms with Crippen LogP contribution in [-0.4, -0.2) is 39.1 Å². The molecule has 0 unspecified atom stereocenters. The van der Waals surface area contributed by atoms with Crippen molar-refractivity contribution >= 4 is 17.6 Å². The van der Waals surface area contributed by atoms with E-state index in [1.165, 1.54) is 0 Å². The SMILES string of the molecule is CCCCOC(=O)c1ccc(NC(=O)c2nn[nH]n2)cc1. The lowest BCUT2D eigenvalue weighted by Gasteiger charge is -2.05. The van der Waals surface area contributed by atoms with Crippen molar-refractivity contribution in [1.82, 2.24) is 20.6 Å². The van der Waals surface area contributed by atoms with Gasteiger partial charge in [-0.15, -0.1) is 10.2 Å². The fraction of sp³-hybridized carbons (Fsp3) is 0.308. The Bertz CT molecular complexity index is 595. The van der Waals surface area contributed by atoms with Crippen molar-refractivity contribution in [2.24, 2.45) is 0 Å². The van der Waals surface area contributed by atoms with Gasteiger partial charge in [0.1, 0.15) is 0 Å². The lowest BCUT2D eigenvalue weighted by molar-refractivity contribution is 0.0499. The van der Waals surface area contributed by atoms with Gasteiger partial charge in [-0.25, -0.2) is 4.79 Å². The monoisotopic (exact) mass is 289 g/mol. The minimum atomic E-state index is -0.484. The van der Waals surface area contributed by atoms with Crippen LogP contribution >= 0.6 is 0 Å². The predicted octanol–water partition coefficient (Wildman–Crippen LogP) is 1.41. The van der Waals surface area contributed by atoms with Gasteiger partial charge >= 0.3 is 5.97 Å². The van der Waals surface area contributed by atoms with E-state index in [0.29, 0.717) is 17.9 Å². The highest BCUT2D eigenvalue weighted by molar-refractivity contribution is 6.01. The van der Waals surface area contributed by atoms with E-state index in [0.717, 1.165) is 12.8 Å². The molecule has 1 aromatic carbocycles. The molecule has 0 bridgehead atoms. The second kappa shape index (κ2) is 7.13. The average Bonchev–Trinajstić information content (AvgIpc) is 3.02. The van der Waals surface area contributed by atoms with Gasteiger partial charge in [-0.1, -0.05) is 13.3 Å². The topological polar surface area (TPSA) is 110 Å². The zero-order chi connectivity index (χ0) is 15.1. The number of rotatable bonds is 6. The second-order valence-corrected chi connectivity index (χ2v) is 4.26. The number of aromatic amines is 1. The summed E-state index contributed by atoms with van der Waals surface area (Å²) < 4.78 is 5.09. The molecule has 0 saturated carbocycles. The fourth-order valence-electron chi connectivity index (χ4n) is 1.53. The van der Waals surface area contributed by atoms with E-state index in [-0.39, 0.29) is 11.8 Å². The molecule has 0 aliphatic rings. The van der Waals surface area contributed by atoms with Crippen LogP contribution in [0.3, 0.4) is 0 Å². The van der Waals surface area contributed by atoms with E-state index >= 15 is 0 Å². The maximum Gasteiger partial charge on any atom is 0.338 e. The Morgan fingerprint density at radius 1 is 1.29 bits per heavy atom. The maximum atomic E-state index is 11.7. The van der Waals surface area contributed by atoms with Crippen LogP contribution in [0, 0.1) is 0 Å². The standard InChI is InChI=1S/C13H15N5O3/c1-2-3-8-21-13(20)9-4-6-10(7-5-9)14-12(19)11-15-17-18-16-11/h4-7H,2-3,8H2,1H3,(H,14,19)(H,15,16,17,18). The number of benzene rings is 1. The number of hydrogen-bond acceptors (Lipinski definition) is 6. The summed E-state index contributed by atoms with van der Waals surface area (Å²) in [7, 11) is 0. The van der Waals surface area contributed by atoms with Gasteiger partial charge in [0.25, 0.3) is 11.7 Å². The summed E-state index contributed by atoms with van der Waals surface area (Å²) in [5.41, 5.74) is 0.957. The lowest BCUT2D eigenvalue weighted by Crippen LogP contribution is -2.14. The highest BCUT2D eigenvalue weighted by Gasteiger charge is 2.11. The van der Waals surface area contributed by atoms with Gasteiger partial charge in [-0.2, -0.15) is 5.21 Å². The lowest BCUT2D eigenvalue weighted by atomic mass is 10.2. The Balaban J connectivity index is 1.92. The summed E-state index contributed by atoms with van der Waals surface area (Å²) in [6, 6.07) is 6.38. The van der Waals surface area contributed by atoms with Crippen LogP contribution in [0.2, 0.25) is 0 Å². The molecule has 110 valence electrons. The first-order chi connectivity index (χ1) is 10.2. The van der Waals surface area contributed by atoms with Crippen molar-refractivity contribution in [3.8, 4) is 0 Å². The Labute approximate surface area is 120 Å². The Hall–Kier alpha value is -2.77. The summed E-state index contributed by atoms with van der Waals surface area (Å²) in [5.74, 6) is -0.917. The zero-order valence-electron chi connectivity index (χ0n) is 11.5. The quantitative estimate of drug-likeness (QED) is 0.614. The molecule has 21 heavy (non-hydrogen) atoms. The molecule has 8 heteroatoms. The van der Waals surface area contributed by atoms with E-state index in [9.17, 15) is 9.59 Å². The number of tetrazole rings is 1. The average molecular weight is 289 g/mol. The number of carbonyl (C=O) groups is 2. The number of nitrogens with zero attached hydrogens (tertiary/aromatic N) is 3. The Kier molecular flexibility index (Phi) is 4.97. The largest absolute Gasteiger partial charge is 0.462 e. The minimum absolute atomic E-state index is 0.0574. The van der Waals surface area contributed by atoms with Gasteiger partial charge in [0.15, 0.2) is 0 Å². The number of H-pyrrole nitrogens is 1. The number of esters is 1. The molecule has 0 spiro atoms. The number of hydrogen-bond donors (Lipinski definition) is 2. The van der Waals surface area contributed by atoms with Gasteiger partial charge in [0, 0.05) is 5.69 Å². The number of amides is 1. The first kappa shape index (κ1) is 14.6. The number of unbranched alkanes of at least 4 members (excludes halogenated alkanes) is 1. The molecular formula is C13H15N5O3. The van der Waals surface area contributed by atoms with E-state index < -0.39 is 5.91 Å². The fourth-order valence-corrected chi connectivity index (χ4v) is 1.53. The highest BCUT2D eigenvalue weighted by atomic mass is 16.5. The van der Waals surface area contributed by atoms with Gasteiger partial charge < -0.3 is 10.1 Å². The summed E-state index contributed by atoms with van der Waals surface area (Å²) in [6.07, 6.45) is 1.80. The summed E-state index contributed by atoms with van der Waals surface area (Å²) >= 11 is 0. The van der Waals surface area contributed by atoms with Gasteiger partial charge in [0.2, 0.25) is 0 Å². The van der Waals surface area contributed by atoms with Crippen LogP contribution in [-0.2, 0) is 4.74 Å². The molecule has 2 N–H and O–H groups in total. The molecule has 0 aliphatic carbocycles. The normalized spacial score (nSPS) is 10.1. The predicted molar refractivity (Wildman–Crippen MR) is 73.8 cm³/mol. The van der Waals surface area contributed by atoms with Crippen LogP contribution in [0.15, 0.2) is 24.3 Å². The van der Waals surface area contributed by atoms with Gasteiger partial charge in [-0.3, -0.25) is 4.79 Å². The number of ether oxygens (including phenoxy) is 1. The first-order valence-electron chi connectivity index (χ1n) is 6.52. The molecule has 0 atom stereocenters. The van der Waals surface area contributed by atoms with Crippen molar-refractivity contribution in [1.29, 1.82) is 0 Å². The minimum Gasteiger partial charge on any atom is -0.462 e. The Morgan fingerprint density at radius 3 is 2.67 bits per heavy atom. The second-order valence-electron chi connectivity index (χ2n) is 4.26. The van der Waals surface area contributed by atoms with E-state index in [2.05, 4.69) is 25.9 Å². The molecular weight excluding hydrogens is 274 g/mol. The van der Waals surface area contributed by atoms with Crippen LogP contribution in [0.25, 0.3) is 0 Å². The third kappa shape index (κ3) is 4.10. The van der Waals surface area contributed by atoms with Crippen LogP contribution in [0.4, 0.5) is 5.69 Å². The molecule has 1 amide bonds. The molecule has 8 nitrogen and oxygen atoms in total. The zero-order valence-corrected chi connectivity index (χ0v) is 11.5. The molecule has 1 aromatic heterocycles. The van der Waals surface area contributed by atoms with E-state index in [1.54, 1.807) is 24.3 Å². The maximum absolute atomic E-state index is 11.7. The Morgan fingerprint density at radius 2 is 2.05 bits per heavy atom. The molecule has 0 aliphatic heterocycles.